The molecule has 1 aliphatic rings. The molecule has 6 heteroatoms. The minimum Gasteiger partial charge on any atom is -0.478 e. The van der Waals surface area contributed by atoms with E-state index in [1.165, 1.54) is 0 Å². The van der Waals surface area contributed by atoms with E-state index < -0.39 is 5.97 Å². The fourth-order valence-corrected chi connectivity index (χ4v) is 3.04. The largest absolute Gasteiger partial charge is 0.478 e. The monoisotopic (exact) mass is 315 g/mol. The molecule has 0 fully saturated rings. The molecule has 0 atom stereocenters. The number of anilines is 1. The second-order valence-corrected chi connectivity index (χ2v) is 6.08. The van der Waals surface area contributed by atoms with Gasteiger partial charge in [0.15, 0.2) is 5.16 Å². The number of hydrogen-bond acceptors (Lipinski definition) is 5. The molecule has 1 aromatic carbocycles. The zero-order chi connectivity index (χ0) is 15.7. The number of rotatable bonds is 3. The zero-order valence-electron chi connectivity index (χ0n) is 12.5. The van der Waals surface area contributed by atoms with Gasteiger partial charge in [0.25, 0.3) is 0 Å². The highest BCUT2D eigenvalue weighted by Gasteiger charge is 2.20. The number of carboxylic acid groups (broad SMARTS) is 1. The molecule has 0 saturated carbocycles. The van der Waals surface area contributed by atoms with Crippen molar-refractivity contribution in [2.75, 3.05) is 17.7 Å². The van der Waals surface area contributed by atoms with Crippen molar-refractivity contribution in [1.82, 2.24) is 9.97 Å². The maximum Gasteiger partial charge on any atom is 0.335 e. The van der Waals surface area contributed by atoms with E-state index in [0.717, 1.165) is 40.6 Å². The molecule has 2 heterocycles. The molecule has 5 nitrogen and oxygen atoms in total. The van der Waals surface area contributed by atoms with Crippen LogP contribution in [0.2, 0.25) is 0 Å². The SMILES string of the molecule is CSc1ncc2c(n1)CCN(c1cc(C(=O)O)ccc1C)C2. The Bertz CT molecular complexity index is 733. The van der Waals surface area contributed by atoms with E-state index in [9.17, 15) is 9.90 Å². The molecular weight excluding hydrogens is 298 g/mol. The van der Waals surface area contributed by atoms with Crippen LogP contribution < -0.4 is 4.90 Å². The van der Waals surface area contributed by atoms with Crippen molar-refractivity contribution in [3.8, 4) is 0 Å². The first-order valence-corrected chi connectivity index (χ1v) is 8.28. The van der Waals surface area contributed by atoms with Crippen LogP contribution in [0.4, 0.5) is 5.69 Å². The number of carboxylic acids is 1. The predicted octanol–water partition coefficient (Wildman–Crippen LogP) is 2.77. The first-order chi connectivity index (χ1) is 10.6. The second kappa shape index (κ2) is 5.96. The lowest BCUT2D eigenvalue weighted by Gasteiger charge is -2.31. The topological polar surface area (TPSA) is 66.3 Å². The number of aromatic nitrogens is 2. The number of nitrogens with zero attached hydrogens (tertiary/aromatic N) is 3. The van der Waals surface area contributed by atoms with Crippen LogP contribution in [0.3, 0.4) is 0 Å². The molecule has 1 aliphatic heterocycles. The van der Waals surface area contributed by atoms with Crippen molar-refractivity contribution in [1.29, 1.82) is 0 Å². The van der Waals surface area contributed by atoms with Gasteiger partial charge in [-0.1, -0.05) is 17.8 Å². The Labute approximate surface area is 133 Å². The first-order valence-electron chi connectivity index (χ1n) is 7.06. The van der Waals surface area contributed by atoms with Gasteiger partial charge in [0.1, 0.15) is 0 Å². The normalized spacial score (nSPS) is 13.8. The summed E-state index contributed by atoms with van der Waals surface area (Å²) in [5, 5.41) is 9.98. The van der Waals surface area contributed by atoms with Crippen molar-refractivity contribution in [2.24, 2.45) is 0 Å². The molecule has 1 aromatic heterocycles. The number of fused-ring (bicyclic) bond motifs is 1. The van der Waals surface area contributed by atoms with Crippen LogP contribution in [-0.2, 0) is 13.0 Å². The number of aryl methyl sites for hydroxylation is 1. The molecular formula is C16H17N3O2S. The van der Waals surface area contributed by atoms with E-state index in [-0.39, 0.29) is 0 Å². The van der Waals surface area contributed by atoms with E-state index in [1.807, 2.05) is 25.4 Å². The van der Waals surface area contributed by atoms with Gasteiger partial charge in [-0.15, -0.1) is 0 Å². The number of thioether (sulfide) groups is 1. The smallest absolute Gasteiger partial charge is 0.335 e. The maximum absolute atomic E-state index is 11.2. The van der Waals surface area contributed by atoms with Crippen molar-refractivity contribution < 1.29 is 9.90 Å². The number of benzene rings is 1. The van der Waals surface area contributed by atoms with E-state index in [2.05, 4.69) is 14.9 Å². The molecule has 0 radical (unpaired) electrons. The third-order valence-corrected chi connectivity index (χ3v) is 4.45. The summed E-state index contributed by atoms with van der Waals surface area (Å²) in [6.45, 7) is 3.56. The van der Waals surface area contributed by atoms with Crippen molar-refractivity contribution in [2.45, 2.75) is 25.0 Å². The Balaban J connectivity index is 1.91. The van der Waals surface area contributed by atoms with E-state index in [0.29, 0.717) is 12.1 Å². The lowest BCUT2D eigenvalue weighted by Crippen LogP contribution is -2.32. The Hall–Kier alpha value is -2.08. The molecule has 0 aliphatic carbocycles. The third-order valence-electron chi connectivity index (χ3n) is 3.89. The van der Waals surface area contributed by atoms with Crippen LogP contribution in [0.15, 0.2) is 29.6 Å². The zero-order valence-corrected chi connectivity index (χ0v) is 13.4. The lowest BCUT2D eigenvalue weighted by atomic mass is 10.0. The molecule has 3 rings (SSSR count). The summed E-state index contributed by atoms with van der Waals surface area (Å²) in [5.41, 5.74) is 4.58. The summed E-state index contributed by atoms with van der Waals surface area (Å²) >= 11 is 1.55. The molecule has 22 heavy (non-hydrogen) atoms. The van der Waals surface area contributed by atoms with Gasteiger partial charge in [0, 0.05) is 37.0 Å². The van der Waals surface area contributed by atoms with Gasteiger partial charge in [-0.3, -0.25) is 0 Å². The quantitative estimate of drug-likeness (QED) is 0.694. The van der Waals surface area contributed by atoms with Gasteiger partial charge in [-0.05, 0) is 30.9 Å². The lowest BCUT2D eigenvalue weighted by molar-refractivity contribution is 0.0697. The van der Waals surface area contributed by atoms with Gasteiger partial charge < -0.3 is 10.0 Å². The Morgan fingerprint density at radius 1 is 1.41 bits per heavy atom. The molecule has 114 valence electrons. The fraction of sp³-hybridized carbons (Fsp3) is 0.312. The van der Waals surface area contributed by atoms with Crippen LogP contribution in [-0.4, -0.2) is 33.8 Å². The highest BCUT2D eigenvalue weighted by molar-refractivity contribution is 7.98. The van der Waals surface area contributed by atoms with Gasteiger partial charge in [0.2, 0.25) is 0 Å². The summed E-state index contributed by atoms with van der Waals surface area (Å²) in [4.78, 5) is 22.3. The van der Waals surface area contributed by atoms with Crippen molar-refractivity contribution >= 4 is 23.4 Å². The first kappa shape index (κ1) is 14.8. The molecule has 1 N–H and O–H groups in total. The molecule has 0 unspecified atom stereocenters. The van der Waals surface area contributed by atoms with Gasteiger partial charge in [-0.25, -0.2) is 14.8 Å². The maximum atomic E-state index is 11.2. The predicted molar refractivity (Wildman–Crippen MR) is 86.7 cm³/mol. The summed E-state index contributed by atoms with van der Waals surface area (Å²) < 4.78 is 0. The Morgan fingerprint density at radius 3 is 2.95 bits per heavy atom. The average Bonchev–Trinajstić information content (AvgIpc) is 2.54. The third kappa shape index (κ3) is 2.78. The van der Waals surface area contributed by atoms with Crippen LogP contribution >= 0.6 is 11.8 Å². The number of hydrogen-bond donors (Lipinski definition) is 1. The Morgan fingerprint density at radius 2 is 2.23 bits per heavy atom. The van der Waals surface area contributed by atoms with Gasteiger partial charge >= 0.3 is 5.97 Å². The number of aromatic carboxylic acids is 1. The molecule has 0 bridgehead atoms. The van der Waals surface area contributed by atoms with E-state index >= 15 is 0 Å². The van der Waals surface area contributed by atoms with E-state index in [1.54, 1.807) is 23.9 Å². The summed E-state index contributed by atoms with van der Waals surface area (Å²) in [5.74, 6) is -0.897. The minimum atomic E-state index is -0.897. The minimum absolute atomic E-state index is 0.320. The molecule has 0 spiro atoms. The second-order valence-electron chi connectivity index (χ2n) is 5.31. The van der Waals surface area contributed by atoms with Gasteiger partial charge in [-0.2, -0.15) is 0 Å². The highest BCUT2D eigenvalue weighted by atomic mass is 32.2. The molecule has 0 amide bonds. The van der Waals surface area contributed by atoms with Gasteiger partial charge in [0.05, 0.1) is 11.3 Å². The average molecular weight is 315 g/mol. The fourth-order valence-electron chi connectivity index (χ4n) is 2.68. The van der Waals surface area contributed by atoms with Crippen LogP contribution in [0.5, 0.6) is 0 Å². The summed E-state index contributed by atoms with van der Waals surface area (Å²) in [7, 11) is 0. The van der Waals surface area contributed by atoms with Crippen LogP contribution in [0, 0.1) is 6.92 Å². The molecule has 2 aromatic rings. The van der Waals surface area contributed by atoms with Crippen LogP contribution in [0.25, 0.3) is 0 Å². The number of carbonyl (C=O) groups is 1. The van der Waals surface area contributed by atoms with Crippen molar-refractivity contribution in [3.05, 3.63) is 46.8 Å². The molecule has 0 saturated heterocycles. The van der Waals surface area contributed by atoms with Crippen LogP contribution in [0.1, 0.15) is 27.2 Å². The Kier molecular flexibility index (Phi) is 4.02. The summed E-state index contributed by atoms with van der Waals surface area (Å²) in [6.07, 6.45) is 4.70. The van der Waals surface area contributed by atoms with Crippen molar-refractivity contribution in [3.63, 3.8) is 0 Å². The standard InChI is InChI=1S/C16H17N3O2S/c1-10-3-4-11(15(20)21)7-14(10)19-6-5-13-12(9-19)8-17-16(18-13)22-2/h3-4,7-8H,5-6,9H2,1-2H3,(H,20,21). The highest BCUT2D eigenvalue weighted by Crippen LogP contribution is 2.27. The summed E-state index contributed by atoms with van der Waals surface area (Å²) in [6, 6.07) is 5.26. The van der Waals surface area contributed by atoms with E-state index in [4.69, 9.17) is 0 Å².